The number of aromatic nitrogens is 2. The Hall–Kier alpha value is -2.12. The molecule has 1 spiro atoms. The second-order valence-corrected chi connectivity index (χ2v) is 7.01. The number of benzene rings is 1. The summed E-state index contributed by atoms with van der Waals surface area (Å²) in [5, 5.41) is 11.6. The Kier molecular flexibility index (Phi) is 4.13. The van der Waals surface area contributed by atoms with Crippen molar-refractivity contribution in [2.75, 3.05) is 25.0 Å². The number of amides is 1. The molecule has 2 saturated heterocycles. The van der Waals surface area contributed by atoms with Crippen LogP contribution in [0.1, 0.15) is 19.8 Å². The number of ether oxygens (including phenoxy) is 1. The number of rotatable bonds is 4. The highest BCUT2D eigenvalue weighted by molar-refractivity contribution is 6.30. The van der Waals surface area contributed by atoms with E-state index in [1.54, 1.807) is 31.2 Å². The maximum Gasteiger partial charge on any atom is 0.316 e. The van der Waals surface area contributed by atoms with E-state index < -0.39 is 6.04 Å². The van der Waals surface area contributed by atoms with Crippen molar-refractivity contribution in [1.82, 2.24) is 15.1 Å². The van der Waals surface area contributed by atoms with Crippen molar-refractivity contribution >= 4 is 23.5 Å². The molecule has 3 heterocycles. The molecule has 2 aliphatic heterocycles. The SMILES string of the molecule is C[C@@H](Nc1nnc(-c2ccc(Cl)cc2)o1)C(=O)N1CC[C@]2(CCO2)C1. The van der Waals surface area contributed by atoms with Gasteiger partial charge in [0, 0.05) is 30.1 Å². The predicted molar refractivity (Wildman–Crippen MR) is 92.3 cm³/mol. The average molecular weight is 363 g/mol. The fourth-order valence-electron chi connectivity index (χ4n) is 3.26. The lowest BCUT2D eigenvalue weighted by Crippen LogP contribution is -2.48. The molecule has 25 heavy (non-hydrogen) atoms. The number of nitrogens with zero attached hydrogens (tertiary/aromatic N) is 3. The number of carbonyl (C=O) groups excluding carboxylic acids is 1. The molecule has 2 aliphatic rings. The van der Waals surface area contributed by atoms with Gasteiger partial charge in [0.1, 0.15) is 6.04 Å². The van der Waals surface area contributed by atoms with Crippen LogP contribution < -0.4 is 5.32 Å². The van der Waals surface area contributed by atoms with E-state index in [1.807, 2.05) is 4.90 Å². The van der Waals surface area contributed by atoms with Gasteiger partial charge in [-0.05, 0) is 37.6 Å². The molecule has 7 nitrogen and oxygen atoms in total. The zero-order valence-corrected chi connectivity index (χ0v) is 14.6. The summed E-state index contributed by atoms with van der Waals surface area (Å²) < 4.78 is 11.2. The van der Waals surface area contributed by atoms with E-state index in [4.69, 9.17) is 20.8 Å². The molecule has 0 saturated carbocycles. The summed E-state index contributed by atoms with van der Waals surface area (Å²) in [6.45, 7) is 3.98. The lowest BCUT2D eigenvalue weighted by atomic mass is 9.94. The van der Waals surface area contributed by atoms with Crippen LogP contribution in [0.2, 0.25) is 5.02 Å². The summed E-state index contributed by atoms with van der Waals surface area (Å²) in [6, 6.07) is 6.89. The van der Waals surface area contributed by atoms with Crippen molar-refractivity contribution in [3.05, 3.63) is 29.3 Å². The van der Waals surface area contributed by atoms with Gasteiger partial charge in [0.2, 0.25) is 11.8 Å². The lowest BCUT2D eigenvalue weighted by Gasteiger charge is -2.38. The van der Waals surface area contributed by atoms with Crippen LogP contribution in [-0.4, -0.2) is 52.3 Å². The van der Waals surface area contributed by atoms with Gasteiger partial charge in [0.05, 0.1) is 12.2 Å². The number of anilines is 1. The van der Waals surface area contributed by atoms with E-state index in [2.05, 4.69) is 15.5 Å². The van der Waals surface area contributed by atoms with E-state index in [9.17, 15) is 4.79 Å². The van der Waals surface area contributed by atoms with Crippen molar-refractivity contribution in [2.45, 2.75) is 31.4 Å². The highest BCUT2D eigenvalue weighted by Crippen LogP contribution is 2.36. The quantitative estimate of drug-likeness (QED) is 0.900. The van der Waals surface area contributed by atoms with Crippen molar-refractivity contribution in [3.8, 4) is 11.5 Å². The first-order chi connectivity index (χ1) is 12.0. The molecule has 2 fully saturated rings. The monoisotopic (exact) mass is 362 g/mol. The topological polar surface area (TPSA) is 80.5 Å². The maximum atomic E-state index is 12.6. The van der Waals surface area contributed by atoms with Crippen LogP contribution in [0.25, 0.3) is 11.5 Å². The van der Waals surface area contributed by atoms with E-state index >= 15 is 0 Å². The molecule has 1 amide bonds. The van der Waals surface area contributed by atoms with Crippen molar-refractivity contribution < 1.29 is 13.9 Å². The normalized spacial score (nSPS) is 23.5. The van der Waals surface area contributed by atoms with Gasteiger partial charge in [-0.25, -0.2) is 0 Å². The first-order valence-corrected chi connectivity index (χ1v) is 8.71. The van der Waals surface area contributed by atoms with E-state index in [0.29, 0.717) is 17.5 Å². The predicted octanol–water partition coefficient (Wildman–Crippen LogP) is 2.58. The zero-order chi connectivity index (χ0) is 17.4. The minimum Gasteiger partial charge on any atom is -0.403 e. The second-order valence-electron chi connectivity index (χ2n) is 6.58. The number of carbonyl (C=O) groups is 1. The smallest absolute Gasteiger partial charge is 0.316 e. The van der Waals surface area contributed by atoms with Crippen LogP contribution >= 0.6 is 11.6 Å². The second kappa shape index (κ2) is 6.31. The Balaban J connectivity index is 1.38. The number of hydrogen-bond donors (Lipinski definition) is 1. The molecule has 0 radical (unpaired) electrons. The molecule has 0 aliphatic carbocycles. The third-order valence-corrected chi connectivity index (χ3v) is 5.07. The summed E-state index contributed by atoms with van der Waals surface area (Å²) in [5.41, 5.74) is 0.675. The average Bonchev–Trinajstić information content (AvgIpc) is 3.21. The first kappa shape index (κ1) is 16.4. The molecule has 2 atom stereocenters. The van der Waals surface area contributed by atoms with Crippen LogP contribution in [0.15, 0.2) is 28.7 Å². The van der Waals surface area contributed by atoms with Gasteiger partial charge in [-0.3, -0.25) is 4.79 Å². The number of hydrogen-bond acceptors (Lipinski definition) is 6. The highest BCUT2D eigenvalue weighted by Gasteiger charge is 2.46. The Morgan fingerprint density at radius 2 is 2.08 bits per heavy atom. The van der Waals surface area contributed by atoms with Crippen molar-refractivity contribution in [2.24, 2.45) is 0 Å². The number of nitrogens with one attached hydrogen (secondary N) is 1. The Morgan fingerprint density at radius 1 is 1.32 bits per heavy atom. The van der Waals surface area contributed by atoms with E-state index in [1.165, 1.54) is 0 Å². The highest BCUT2D eigenvalue weighted by atomic mass is 35.5. The standard InChI is InChI=1S/C17H19ClN4O3/c1-11(15(23)22-8-6-17(10-22)7-9-24-17)19-16-21-20-14(25-16)12-2-4-13(18)5-3-12/h2-5,11H,6-10H2,1H3,(H,19,21)/t11-,17+/m1/s1. The summed E-state index contributed by atoms with van der Waals surface area (Å²) in [7, 11) is 0. The Morgan fingerprint density at radius 3 is 2.72 bits per heavy atom. The first-order valence-electron chi connectivity index (χ1n) is 8.33. The number of likely N-dealkylation sites (tertiary alicyclic amines) is 1. The van der Waals surface area contributed by atoms with Crippen LogP contribution in [0.4, 0.5) is 6.01 Å². The molecule has 1 N–H and O–H groups in total. The Bertz CT molecular complexity index is 772. The molecule has 1 aromatic carbocycles. The van der Waals surface area contributed by atoms with Crippen LogP contribution in [0, 0.1) is 0 Å². The van der Waals surface area contributed by atoms with E-state index in [-0.39, 0.29) is 17.5 Å². The largest absolute Gasteiger partial charge is 0.403 e. The summed E-state index contributed by atoms with van der Waals surface area (Å²) in [5.74, 6) is 0.389. The summed E-state index contributed by atoms with van der Waals surface area (Å²) in [4.78, 5) is 14.4. The fraction of sp³-hybridized carbons (Fsp3) is 0.471. The van der Waals surface area contributed by atoms with Gasteiger partial charge in [0.25, 0.3) is 0 Å². The van der Waals surface area contributed by atoms with Gasteiger partial charge in [-0.1, -0.05) is 16.7 Å². The van der Waals surface area contributed by atoms with Gasteiger partial charge < -0.3 is 19.4 Å². The molecule has 1 aromatic heterocycles. The molecule has 2 aromatic rings. The summed E-state index contributed by atoms with van der Waals surface area (Å²) >= 11 is 5.87. The summed E-state index contributed by atoms with van der Waals surface area (Å²) in [6.07, 6.45) is 1.94. The van der Waals surface area contributed by atoms with Gasteiger partial charge in [-0.2, -0.15) is 0 Å². The lowest BCUT2D eigenvalue weighted by molar-refractivity contribution is -0.146. The van der Waals surface area contributed by atoms with Crippen molar-refractivity contribution in [3.63, 3.8) is 0 Å². The fourth-order valence-corrected chi connectivity index (χ4v) is 3.38. The minimum atomic E-state index is -0.450. The zero-order valence-electron chi connectivity index (χ0n) is 13.9. The number of halogens is 1. The molecular formula is C17H19ClN4O3. The molecule has 0 bridgehead atoms. The molecule has 8 heteroatoms. The van der Waals surface area contributed by atoms with Gasteiger partial charge in [-0.15, -0.1) is 5.10 Å². The van der Waals surface area contributed by atoms with Crippen LogP contribution in [0.5, 0.6) is 0 Å². The van der Waals surface area contributed by atoms with Gasteiger partial charge in [0.15, 0.2) is 0 Å². The van der Waals surface area contributed by atoms with Gasteiger partial charge >= 0.3 is 6.01 Å². The van der Waals surface area contributed by atoms with Crippen molar-refractivity contribution in [1.29, 1.82) is 0 Å². The molecule has 132 valence electrons. The van der Waals surface area contributed by atoms with Crippen LogP contribution in [0.3, 0.4) is 0 Å². The minimum absolute atomic E-state index is 0.0126. The third kappa shape index (κ3) is 3.21. The maximum absolute atomic E-state index is 12.6. The van der Waals surface area contributed by atoms with Crippen LogP contribution in [-0.2, 0) is 9.53 Å². The Labute approximate surface area is 150 Å². The van der Waals surface area contributed by atoms with E-state index in [0.717, 1.165) is 31.6 Å². The molecule has 4 rings (SSSR count). The molecule has 0 unspecified atom stereocenters. The molecular weight excluding hydrogens is 344 g/mol. The third-order valence-electron chi connectivity index (χ3n) is 4.82.